The van der Waals surface area contributed by atoms with Crippen molar-refractivity contribution in [1.29, 1.82) is 5.41 Å². The van der Waals surface area contributed by atoms with Crippen LogP contribution in [-0.4, -0.2) is 56.5 Å². The lowest BCUT2D eigenvalue weighted by Gasteiger charge is -2.43. The largest absolute Gasteiger partial charge is 0.384 e. The van der Waals surface area contributed by atoms with Crippen molar-refractivity contribution < 1.29 is 13.2 Å². The van der Waals surface area contributed by atoms with Crippen molar-refractivity contribution in [3.63, 3.8) is 0 Å². The van der Waals surface area contributed by atoms with Crippen molar-refractivity contribution in [3.05, 3.63) is 59.7 Å². The molecule has 2 heterocycles. The Hall–Kier alpha value is -2.91. The van der Waals surface area contributed by atoms with Gasteiger partial charge in [-0.3, -0.25) is 10.2 Å². The Balaban J connectivity index is 1.43. The topological polar surface area (TPSA) is 134 Å². The van der Waals surface area contributed by atoms with Crippen LogP contribution >= 0.6 is 0 Å². The minimum absolute atomic E-state index is 0.0378. The van der Waals surface area contributed by atoms with E-state index in [2.05, 4.69) is 0 Å². The highest BCUT2D eigenvalue weighted by atomic mass is 32.2. The summed E-state index contributed by atoms with van der Waals surface area (Å²) in [4.78, 5) is 18.0. The normalized spacial score (nSPS) is 25.8. The van der Waals surface area contributed by atoms with E-state index in [0.717, 1.165) is 24.9 Å². The molecule has 5 N–H and O–H groups in total. The quantitative estimate of drug-likeness (QED) is 0.405. The van der Waals surface area contributed by atoms with Gasteiger partial charge in [0.2, 0.25) is 5.91 Å². The molecule has 36 heavy (non-hydrogen) atoms. The lowest BCUT2D eigenvalue weighted by molar-refractivity contribution is -0.136. The highest BCUT2D eigenvalue weighted by Gasteiger charge is 2.45. The first-order chi connectivity index (χ1) is 17.3. The molecule has 1 aliphatic carbocycles. The Kier molecular flexibility index (Phi) is 6.78. The zero-order chi connectivity index (χ0) is 25.4. The number of nitrogens with one attached hydrogen (secondary N) is 1. The van der Waals surface area contributed by atoms with Gasteiger partial charge in [-0.2, -0.15) is 0 Å². The number of nitrogen functional groups attached to an aromatic ring is 1. The number of fused-ring (bicyclic) bond motifs is 2. The first kappa shape index (κ1) is 24.8. The van der Waals surface area contributed by atoms with E-state index in [-0.39, 0.29) is 28.9 Å². The number of piperidine rings is 1. The van der Waals surface area contributed by atoms with Gasteiger partial charge >= 0.3 is 0 Å². The zero-order valence-electron chi connectivity index (χ0n) is 20.5. The van der Waals surface area contributed by atoms with Crippen molar-refractivity contribution >= 4 is 27.3 Å². The molecule has 0 bridgehead atoms. The van der Waals surface area contributed by atoms with E-state index in [9.17, 15) is 13.2 Å². The molecular formula is C27H35N5O3S. The summed E-state index contributed by atoms with van der Waals surface area (Å²) < 4.78 is 26.2. The minimum atomic E-state index is -3.56. The van der Waals surface area contributed by atoms with Crippen molar-refractivity contribution in [1.82, 2.24) is 4.90 Å². The van der Waals surface area contributed by atoms with Gasteiger partial charge in [0.05, 0.1) is 16.7 Å². The maximum Gasteiger partial charge on any atom is 0.247 e. The number of nitrogens with two attached hydrogens (primary N) is 2. The van der Waals surface area contributed by atoms with Gasteiger partial charge in [0.1, 0.15) is 11.9 Å². The highest BCUT2D eigenvalue weighted by molar-refractivity contribution is 7.91. The zero-order valence-corrected chi connectivity index (χ0v) is 21.3. The van der Waals surface area contributed by atoms with Crippen LogP contribution in [0.25, 0.3) is 0 Å². The summed E-state index contributed by atoms with van der Waals surface area (Å²) in [6.07, 6.45) is 5.92. The second-order valence-corrected chi connectivity index (χ2v) is 12.5. The molecule has 1 amide bonds. The van der Waals surface area contributed by atoms with Gasteiger partial charge in [-0.25, -0.2) is 8.42 Å². The van der Waals surface area contributed by atoms with Crippen LogP contribution in [0.1, 0.15) is 49.3 Å². The van der Waals surface area contributed by atoms with Crippen molar-refractivity contribution in [2.45, 2.75) is 49.1 Å². The minimum Gasteiger partial charge on any atom is -0.384 e. The third kappa shape index (κ3) is 4.62. The highest BCUT2D eigenvalue weighted by Crippen LogP contribution is 2.41. The van der Waals surface area contributed by atoms with Crippen molar-refractivity contribution in [3.8, 4) is 0 Å². The number of benzene rings is 2. The van der Waals surface area contributed by atoms with Crippen LogP contribution in [0, 0.1) is 17.2 Å². The third-order valence-electron chi connectivity index (χ3n) is 8.25. The van der Waals surface area contributed by atoms with E-state index >= 15 is 0 Å². The molecular weight excluding hydrogens is 474 g/mol. The number of nitrogens with zero attached hydrogens (tertiary/aromatic N) is 2. The van der Waals surface area contributed by atoms with E-state index in [0.29, 0.717) is 29.6 Å². The number of amidine groups is 1. The molecule has 2 aliphatic heterocycles. The predicted octanol–water partition coefficient (Wildman–Crippen LogP) is 2.67. The Bertz CT molecular complexity index is 1250. The number of rotatable bonds is 6. The van der Waals surface area contributed by atoms with E-state index in [1.807, 2.05) is 15.9 Å². The SMILES string of the molecule is N=C(N)c1ccc2c(c1)N(CCS(=O)(=O)c1ccccc1)C(C(=O)N1CCC3CCCCC3C1)C2N. The second-order valence-electron chi connectivity index (χ2n) is 10.4. The first-order valence-corrected chi connectivity index (χ1v) is 14.5. The molecule has 1 saturated heterocycles. The summed E-state index contributed by atoms with van der Waals surface area (Å²) in [6.45, 7) is 1.59. The molecule has 192 valence electrons. The maximum absolute atomic E-state index is 14.0. The van der Waals surface area contributed by atoms with Gasteiger partial charge in [0, 0.05) is 30.9 Å². The van der Waals surface area contributed by atoms with Gasteiger partial charge in [0.25, 0.3) is 0 Å². The molecule has 5 rings (SSSR count). The number of likely N-dealkylation sites (tertiary alicyclic amines) is 1. The number of carbonyl (C=O) groups excluding carboxylic acids is 1. The lowest BCUT2D eigenvalue weighted by atomic mass is 9.75. The monoisotopic (exact) mass is 509 g/mol. The van der Waals surface area contributed by atoms with Gasteiger partial charge in [-0.05, 0) is 48.4 Å². The summed E-state index contributed by atoms with van der Waals surface area (Å²) in [7, 11) is -3.56. The smallest absolute Gasteiger partial charge is 0.247 e. The molecule has 0 spiro atoms. The molecule has 4 unspecified atom stereocenters. The van der Waals surface area contributed by atoms with Crippen molar-refractivity contribution in [2.24, 2.45) is 23.3 Å². The summed E-state index contributed by atoms with van der Waals surface area (Å²) in [5.74, 6) is 0.957. The Morgan fingerprint density at radius 3 is 2.47 bits per heavy atom. The average Bonchev–Trinajstić information content (AvgIpc) is 3.18. The standard InChI is InChI=1S/C27H35N5O3S/c28-24-22-11-10-19(26(29)30)16-23(22)32(14-15-36(34,35)21-8-2-1-3-9-21)25(24)27(33)31-13-12-18-6-4-5-7-20(18)17-31/h1-3,8-11,16,18,20,24-25H,4-7,12-15,17,28H2,(H3,29,30). The summed E-state index contributed by atoms with van der Waals surface area (Å²) in [6, 6.07) is 12.4. The summed E-state index contributed by atoms with van der Waals surface area (Å²) in [5, 5.41) is 7.87. The summed E-state index contributed by atoms with van der Waals surface area (Å²) >= 11 is 0. The van der Waals surface area contributed by atoms with Crippen LogP contribution in [0.15, 0.2) is 53.4 Å². The molecule has 3 aliphatic rings. The maximum atomic E-state index is 14.0. The molecule has 2 aromatic rings. The van der Waals surface area contributed by atoms with Crippen LogP contribution in [0.3, 0.4) is 0 Å². The Labute approximate surface area is 213 Å². The number of amides is 1. The van der Waals surface area contributed by atoms with Gasteiger partial charge < -0.3 is 21.3 Å². The van der Waals surface area contributed by atoms with Crippen LogP contribution < -0.4 is 16.4 Å². The van der Waals surface area contributed by atoms with E-state index in [1.165, 1.54) is 19.3 Å². The molecule has 2 aromatic carbocycles. The number of hydrogen-bond acceptors (Lipinski definition) is 6. The van der Waals surface area contributed by atoms with E-state index in [1.54, 1.807) is 42.5 Å². The predicted molar refractivity (Wildman–Crippen MR) is 141 cm³/mol. The van der Waals surface area contributed by atoms with Crippen LogP contribution in [-0.2, 0) is 14.6 Å². The van der Waals surface area contributed by atoms with E-state index in [4.69, 9.17) is 16.9 Å². The van der Waals surface area contributed by atoms with Gasteiger partial charge in [-0.1, -0.05) is 49.6 Å². The molecule has 9 heteroatoms. The van der Waals surface area contributed by atoms with Crippen LogP contribution in [0.5, 0.6) is 0 Å². The molecule has 8 nitrogen and oxygen atoms in total. The van der Waals surface area contributed by atoms with E-state index < -0.39 is 21.9 Å². The fourth-order valence-corrected chi connectivity index (χ4v) is 7.50. The second kappa shape index (κ2) is 9.86. The van der Waals surface area contributed by atoms with Crippen LogP contribution in [0.4, 0.5) is 5.69 Å². The third-order valence-corrected chi connectivity index (χ3v) is 9.96. The fourth-order valence-electron chi connectivity index (χ4n) is 6.25. The molecule has 4 atom stereocenters. The molecule has 0 radical (unpaired) electrons. The van der Waals surface area contributed by atoms with Gasteiger partial charge in [-0.15, -0.1) is 0 Å². The number of carbonyl (C=O) groups is 1. The number of hydrogen-bond donors (Lipinski definition) is 3. The van der Waals surface area contributed by atoms with Gasteiger partial charge in [0.15, 0.2) is 9.84 Å². The Morgan fingerprint density at radius 1 is 1.03 bits per heavy atom. The molecule has 0 aromatic heterocycles. The van der Waals surface area contributed by atoms with Crippen molar-refractivity contribution in [2.75, 3.05) is 30.3 Å². The fraction of sp³-hybridized carbons (Fsp3) is 0.481. The lowest BCUT2D eigenvalue weighted by Crippen LogP contribution is -2.55. The average molecular weight is 510 g/mol. The van der Waals surface area contributed by atoms with Crippen LogP contribution in [0.2, 0.25) is 0 Å². The molecule has 1 saturated carbocycles. The number of anilines is 1. The Morgan fingerprint density at radius 2 is 1.75 bits per heavy atom. The number of sulfone groups is 1. The summed E-state index contributed by atoms with van der Waals surface area (Å²) in [5.41, 5.74) is 14.4. The molecule has 2 fully saturated rings. The first-order valence-electron chi connectivity index (χ1n) is 12.8.